The summed E-state index contributed by atoms with van der Waals surface area (Å²) in [6.07, 6.45) is 10.6. The third-order valence-electron chi connectivity index (χ3n) is 2.73. The maximum Gasteiger partial charge on any atom is 0.0323 e. The Hall–Kier alpha value is -1.02. The number of hydrogen-bond acceptors (Lipinski definition) is 2. The summed E-state index contributed by atoms with van der Waals surface area (Å²) in [6, 6.07) is 0. The number of rotatable bonds is 3. The molecule has 0 saturated carbocycles. The largest absolute Gasteiger partial charge is 0.369 e. The van der Waals surface area contributed by atoms with Gasteiger partial charge in [0.25, 0.3) is 0 Å². The highest BCUT2D eigenvalue weighted by molar-refractivity contribution is 5.21. The molecule has 1 aliphatic rings. The summed E-state index contributed by atoms with van der Waals surface area (Å²) in [4.78, 5) is 4.82. The molecule has 1 aliphatic heterocycles. The molecule has 0 amide bonds. The average Bonchev–Trinajstić information content (AvgIpc) is 2.26. The van der Waals surface area contributed by atoms with E-state index < -0.39 is 0 Å². The van der Waals surface area contributed by atoms with Crippen LogP contribution in [-0.2, 0) is 0 Å². The van der Waals surface area contributed by atoms with Crippen LogP contribution in [0, 0.1) is 0 Å². The maximum atomic E-state index is 2.44. The first-order valence-electron chi connectivity index (χ1n) is 5.67. The Morgan fingerprint density at radius 1 is 1.00 bits per heavy atom. The summed E-state index contributed by atoms with van der Waals surface area (Å²) in [5.74, 6) is 0. The molecule has 2 nitrogen and oxygen atoms in total. The molecule has 0 aromatic rings. The van der Waals surface area contributed by atoms with Crippen LogP contribution in [0.25, 0.3) is 0 Å². The van der Waals surface area contributed by atoms with Gasteiger partial charge in [-0.05, 0) is 27.0 Å². The van der Waals surface area contributed by atoms with Crippen LogP contribution in [0.1, 0.15) is 13.8 Å². The van der Waals surface area contributed by atoms with Crippen LogP contribution in [0.3, 0.4) is 0 Å². The molecule has 0 aromatic heterocycles. The van der Waals surface area contributed by atoms with Crippen molar-refractivity contribution >= 4 is 0 Å². The lowest BCUT2D eigenvalue weighted by atomic mass is 10.2. The summed E-state index contributed by atoms with van der Waals surface area (Å²) < 4.78 is 0. The Bertz CT molecular complexity index is 256. The van der Waals surface area contributed by atoms with Gasteiger partial charge in [0.05, 0.1) is 0 Å². The molecule has 0 bridgehead atoms. The maximum absolute atomic E-state index is 2.44. The molecule has 0 aliphatic carbocycles. The monoisotopic (exact) mass is 206 g/mol. The van der Waals surface area contributed by atoms with E-state index in [0.717, 1.165) is 26.2 Å². The van der Waals surface area contributed by atoms with Gasteiger partial charge < -0.3 is 9.80 Å². The van der Waals surface area contributed by atoms with Crippen LogP contribution >= 0.6 is 0 Å². The number of likely N-dealkylation sites (N-methyl/N-ethyl adjacent to an activating group) is 1. The van der Waals surface area contributed by atoms with Crippen molar-refractivity contribution in [2.24, 2.45) is 0 Å². The first-order chi connectivity index (χ1) is 7.27. The summed E-state index contributed by atoms with van der Waals surface area (Å²) in [6.45, 7) is 8.74. The molecular formula is C13H22N2. The topological polar surface area (TPSA) is 6.48 Å². The summed E-state index contributed by atoms with van der Waals surface area (Å²) in [7, 11) is 2.18. The van der Waals surface area contributed by atoms with Crippen molar-refractivity contribution in [2.75, 3.05) is 33.2 Å². The van der Waals surface area contributed by atoms with E-state index in [-0.39, 0.29) is 0 Å². The van der Waals surface area contributed by atoms with Gasteiger partial charge in [0.1, 0.15) is 0 Å². The van der Waals surface area contributed by atoms with Gasteiger partial charge in [0.15, 0.2) is 0 Å². The van der Waals surface area contributed by atoms with Gasteiger partial charge in [-0.15, -0.1) is 0 Å². The Morgan fingerprint density at radius 3 is 2.20 bits per heavy atom. The van der Waals surface area contributed by atoms with E-state index in [1.807, 2.05) is 13.0 Å². The van der Waals surface area contributed by atoms with Gasteiger partial charge in [0.2, 0.25) is 0 Å². The van der Waals surface area contributed by atoms with E-state index in [2.05, 4.69) is 48.1 Å². The zero-order chi connectivity index (χ0) is 11.1. The second-order valence-electron chi connectivity index (χ2n) is 3.89. The third-order valence-corrected chi connectivity index (χ3v) is 2.73. The van der Waals surface area contributed by atoms with E-state index in [1.54, 1.807) is 0 Å². The van der Waals surface area contributed by atoms with Crippen molar-refractivity contribution in [2.45, 2.75) is 13.8 Å². The molecule has 0 N–H and O–H groups in total. The predicted octanol–water partition coefficient (Wildman–Crippen LogP) is 2.27. The van der Waals surface area contributed by atoms with E-state index in [4.69, 9.17) is 0 Å². The van der Waals surface area contributed by atoms with Crippen molar-refractivity contribution in [1.29, 1.82) is 0 Å². The van der Waals surface area contributed by atoms with Gasteiger partial charge in [-0.25, -0.2) is 0 Å². The zero-order valence-corrected chi connectivity index (χ0v) is 10.1. The first-order valence-corrected chi connectivity index (χ1v) is 5.67. The number of piperazine rings is 1. The average molecular weight is 206 g/mol. The lowest BCUT2D eigenvalue weighted by Crippen LogP contribution is -2.43. The molecule has 0 radical (unpaired) electrons. The van der Waals surface area contributed by atoms with Gasteiger partial charge in [0, 0.05) is 31.9 Å². The van der Waals surface area contributed by atoms with Crippen molar-refractivity contribution in [3.05, 3.63) is 36.1 Å². The second-order valence-corrected chi connectivity index (χ2v) is 3.89. The Morgan fingerprint density at radius 2 is 1.67 bits per heavy atom. The van der Waals surface area contributed by atoms with Crippen LogP contribution in [0.5, 0.6) is 0 Å². The zero-order valence-electron chi connectivity index (χ0n) is 10.1. The normalized spacial score (nSPS) is 20.7. The van der Waals surface area contributed by atoms with Gasteiger partial charge in [-0.2, -0.15) is 0 Å². The van der Waals surface area contributed by atoms with Crippen LogP contribution in [0.2, 0.25) is 0 Å². The summed E-state index contributed by atoms with van der Waals surface area (Å²) in [5, 5.41) is 0. The number of allylic oxidation sites excluding steroid dienone is 5. The lowest BCUT2D eigenvalue weighted by molar-refractivity contribution is 0.190. The highest BCUT2D eigenvalue weighted by Crippen LogP contribution is 2.09. The Balaban J connectivity index is 2.52. The first kappa shape index (κ1) is 12.1. The fourth-order valence-corrected chi connectivity index (χ4v) is 1.71. The van der Waals surface area contributed by atoms with E-state index >= 15 is 0 Å². The highest BCUT2D eigenvalue weighted by atomic mass is 15.2. The molecule has 2 heteroatoms. The molecule has 1 saturated heterocycles. The molecule has 84 valence electrons. The van der Waals surface area contributed by atoms with Gasteiger partial charge in [-0.1, -0.05) is 24.3 Å². The molecule has 1 fully saturated rings. The minimum Gasteiger partial charge on any atom is -0.369 e. The smallest absolute Gasteiger partial charge is 0.0323 e. The minimum atomic E-state index is 1.14. The molecule has 1 rings (SSSR count). The summed E-state index contributed by atoms with van der Waals surface area (Å²) in [5.41, 5.74) is 1.33. The number of hydrogen-bond donors (Lipinski definition) is 0. The van der Waals surface area contributed by atoms with E-state index in [1.165, 1.54) is 5.70 Å². The SMILES string of the molecule is C\C=C/C=C\C(=C/C)N1CCN(C)CC1. The molecule has 15 heavy (non-hydrogen) atoms. The van der Waals surface area contributed by atoms with Crippen molar-refractivity contribution in [3.8, 4) is 0 Å². The third kappa shape index (κ3) is 3.92. The van der Waals surface area contributed by atoms with E-state index in [9.17, 15) is 0 Å². The molecule has 1 heterocycles. The van der Waals surface area contributed by atoms with Crippen LogP contribution < -0.4 is 0 Å². The Labute approximate surface area is 93.6 Å². The number of nitrogens with zero attached hydrogens (tertiary/aromatic N) is 2. The highest BCUT2D eigenvalue weighted by Gasteiger charge is 2.13. The van der Waals surface area contributed by atoms with Crippen LogP contribution in [0.4, 0.5) is 0 Å². The van der Waals surface area contributed by atoms with Crippen molar-refractivity contribution in [1.82, 2.24) is 9.80 Å². The fraction of sp³-hybridized carbons (Fsp3) is 0.538. The van der Waals surface area contributed by atoms with Crippen molar-refractivity contribution in [3.63, 3.8) is 0 Å². The molecule has 0 spiro atoms. The Kier molecular flexibility index (Phi) is 5.19. The molecule has 0 unspecified atom stereocenters. The standard InChI is InChI=1S/C13H22N2/c1-4-6-7-8-13(5-2)15-11-9-14(3)10-12-15/h4-8H,9-12H2,1-3H3/b6-4-,8-7-,13-5+. The van der Waals surface area contributed by atoms with Gasteiger partial charge in [-0.3, -0.25) is 0 Å². The van der Waals surface area contributed by atoms with Crippen LogP contribution in [0.15, 0.2) is 36.1 Å². The van der Waals surface area contributed by atoms with Gasteiger partial charge >= 0.3 is 0 Å². The predicted molar refractivity (Wildman–Crippen MR) is 66.8 cm³/mol. The minimum absolute atomic E-state index is 1.14. The lowest BCUT2D eigenvalue weighted by Gasteiger charge is -2.34. The molecular weight excluding hydrogens is 184 g/mol. The van der Waals surface area contributed by atoms with Crippen molar-refractivity contribution < 1.29 is 0 Å². The fourth-order valence-electron chi connectivity index (χ4n) is 1.71. The van der Waals surface area contributed by atoms with E-state index in [0.29, 0.717) is 0 Å². The summed E-state index contributed by atoms with van der Waals surface area (Å²) >= 11 is 0. The molecule has 0 atom stereocenters. The quantitative estimate of drug-likeness (QED) is 0.654. The molecule has 0 aromatic carbocycles. The van der Waals surface area contributed by atoms with Crippen LogP contribution in [-0.4, -0.2) is 43.0 Å². The second kappa shape index (κ2) is 6.46.